The second-order valence-electron chi connectivity index (χ2n) is 12.3. The van der Waals surface area contributed by atoms with E-state index < -0.39 is 0 Å². The molecule has 6 heteroatoms. The highest BCUT2D eigenvalue weighted by Crippen LogP contribution is 2.53. The Balaban J connectivity index is 1.20. The molecule has 9 aromatic rings. The van der Waals surface area contributed by atoms with E-state index in [1.807, 2.05) is 6.07 Å². The zero-order valence-corrected chi connectivity index (χ0v) is 26.8. The summed E-state index contributed by atoms with van der Waals surface area (Å²) in [6.07, 6.45) is 3.49. The fourth-order valence-electron chi connectivity index (χ4n) is 7.20. The van der Waals surface area contributed by atoms with Crippen molar-refractivity contribution in [1.82, 2.24) is 19.9 Å². The summed E-state index contributed by atoms with van der Waals surface area (Å²) in [5.74, 6) is 0.799. The van der Waals surface area contributed by atoms with Gasteiger partial charge in [0.05, 0.1) is 45.0 Å². The smallest absolute Gasteiger partial charge is 0.138 e. The summed E-state index contributed by atoms with van der Waals surface area (Å²) in [4.78, 5) is 24.9. The van der Waals surface area contributed by atoms with Gasteiger partial charge < -0.3 is 4.90 Å². The van der Waals surface area contributed by atoms with Crippen LogP contribution in [0.1, 0.15) is 0 Å². The molecule has 0 radical (unpaired) electrons. The van der Waals surface area contributed by atoms with E-state index in [2.05, 4.69) is 161 Å². The lowest BCUT2D eigenvalue weighted by Gasteiger charge is -2.39. The monoisotopic (exact) mass is 640 g/mol. The van der Waals surface area contributed by atoms with Crippen LogP contribution in [0.5, 0.6) is 0 Å². The van der Waals surface area contributed by atoms with Crippen LogP contribution in [0.25, 0.3) is 55.2 Å². The number of pyridine rings is 2. The molecule has 0 amide bonds. The van der Waals surface area contributed by atoms with Gasteiger partial charge >= 0.3 is 0 Å². The second kappa shape index (κ2) is 11.4. The molecule has 0 unspecified atom stereocenters. The number of aromatic nitrogens is 4. The molecule has 234 valence electrons. The molecule has 0 N–H and O–H groups in total. The van der Waals surface area contributed by atoms with E-state index in [1.54, 1.807) is 12.4 Å². The lowest BCUT2D eigenvalue weighted by molar-refractivity contribution is 1.14. The standard InChI is InChI=1S/C44H28N6/c1-3-12-29(13-4-1)30-14-11-15-31(28-30)35-24-22-33-41-42(46-27-26-45-41)34-23-25-40(48-44(34)43(33)47-35)50-38-20-9-7-18-36(38)49(32-16-5-2-6-17-32)37-19-8-10-21-39(37)50/h1-28H. The van der Waals surface area contributed by atoms with Crippen LogP contribution in [0, 0.1) is 0 Å². The highest BCUT2D eigenvalue weighted by atomic mass is 15.3. The van der Waals surface area contributed by atoms with E-state index in [4.69, 9.17) is 19.9 Å². The summed E-state index contributed by atoms with van der Waals surface area (Å²) in [5.41, 5.74) is 12.8. The first-order chi connectivity index (χ1) is 24.8. The number of anilines is 6. The minimum Gasteiger partial charge on any atom is -0.306 e. The van der Waals surface area contributed by atoms with Crippen molar-refractivity contribution in [2.24, 2.45) is 0 Å². The number of hydrogen-bond donors (Lipinski definition) is 0. The van der Waals surface area contributed by atoms with Gasteiger partial charge in [0.2, 0.25) is 0 Å². The lowest BCUT2D eigenvalue weighted by atomic mass is 10.0. The van der Waals surface area contributed by atoms with Crippen molar-refractivity contribution in [2.45, 2.75) is 0 Å². The Bertz CT molecular complexity index is 2680. The van der Waals surface area contributed by atoms with Crippen molar-refractivity contribution in [2.75, 3.05) is 9.80 Å². The van der Waals surface area contributed by atoms with Crippen LogP contribution in [-0.2, 0) is 0 Å². The number of benzene rings is 6. The average Bonchev–Trinajstić information content (AvgIpc) is 3.20. The Labute approximate surface area is 288 Å². The lowest BCUT2D eigenvalue weighted by Crippen LogP contribution is -2.24. The molecule has 6 nitrogen and oxygen atoms in total. The molecule has 0 saturated heterocycles. The normalized spacial score (nSPS) is 12.3. The molecule has 0 fully saturated rings. The highest BCUT2D eigenvalue weighted by Gasteiger charge is 2.31. The summed E-state index contributed by atoms with van der Waals surface area (Å²) in [6, 6.07) is 54.9. The first-order valence-corrected chi connectivity index (χ1v) is 16.7. The maximum atomic E-state index is 5.45. The largest absolute Gasteiger partial charge is 0.306 e. The van der Waals surface area contributed by atoms with Crippen LogP contribution >= 0.6 is 0 Å². The van der Waals surface area contributed by atoms with Gasteiger partial charge in [0.15, 0.2) is 0 Å². The third-order valence-corrected chi connectivity index (χ3v) is 9.44. The third-order valence-electron chi connectivity index (χ3n) is 9.44. The molecule has 1 aliphatic heterocycles. The highest BCUT2D eigenvalue weighted by molar-refractivity contribution is 6.21. The van der Waals surface area contributed by atoms with Crippen LogP contribution in [0.2, 0.25) is 0 Å². The average molecular weight is 641 g/mol. The van der Waals surface area contributed by atoms with Crippen LogP contribution in [0.3, 0.4) is 0 Å². The quantitative estimate of drug-likeness (QED) is 0.178. The van der Waals surface area contributed by atoms with Gasteiger partial charge in [-0.25, -0.2) is 9.97 Å². The van der Waals surface area contributed by atoms with E-state index in [9.17, 15) is 0 Å². The van der Waals surface area contributed by atoms with Crippen molar-refractivity contribution >= 4 is 67.1 Å². The summed E-state index contributed by atoms with van der Waals surface area (Å²) in [7, 11) is 0. The van der Waals surface area contributed by atoms with Gasteiger partial charge in [-0.15, -0.1) is 0 Å². The summed E-state index contributed by atoms with van der Waals surface area (Å²) in [5, 5.41) is 1.83. The Morgan fingerprint density at radius 2 is 0.880 bits per heavy atom. The van der Waals surface area contributed by atoms with Gasteiger partial charge in [-0.1, -0.05) is 91.0 Å². The Morgan fingerprint density at radius 3 is 1.54 bits per heavy atom. The molecule has 50 heavy (non-hydrogen) atoms. The maximum Gasteiger partial charge on any atom is 0.138 e. The van der Waals surface area contributed by atoms with Crippen molar-refractivity contribution in [3.05, 3.63) is 170 Å². The summed E-state index contributed by atoms with van der Waals surface area (Å²) < 4.78 is 0. The van der Waals surface area contributed by atoms with E-state index in [0.29, 0.717) is 0 Å². The Hall–Kier alpha value is -6.92. The van der Waals surface area contributed by atoms with E-state index in [1.165, 1.54) is 5.56 Å². The van der Waals surface area contributed by atoms with Crippen LogP contribution in [0.15, 0.2) is 170 Å². The van der Waals surface area contributed by atoms with E-state index in [0.717, 1.165) is 83.9 Å². The van der Waals surface area contributed by atoms with Crippen molar-refractivity contribution < 1.29 is 0 Å². The zero-order valence-electron chi connectivity index (χ0n) is 26.8. The molecule has 0 aliphatic carbocycles. The topological polar surface area (TPSA) is 58.0 Å². The molecule has 0 saturated carbocycles. The molecule has 6 aromatic carbocycles. The van der Waals surface area contributed by atoms with E-state index in [-0.39, 0.29) is 0 Å². The first kappa shape index (κ1) is 28.1. The molecule has 10 rings (SSSR count). The molecule has 3 aromatic heterocycles. The van der Waals surface area contributed by atoms with Gasteiger partial charge in [-0.05, 0) is 77.9 Å². The van der Waals surface area contributed by atoms with Gasteiger partial charge in [-0.3, -0.25) is 14.9 Å². The SMILES string of the molecule is c1ccc(-c2cccc(-c3ccc4c5nccnc5c5ccc(N6c7ccccc7N(c7ccccc7)c7ccccc76)nc5c4n3)c2)cc1. The first-order valence-electron chi connectivity index (χ1n) is 16.7. The Kier molecular flexibility index (Phi) is 6.39. The maximum absolute atomic E-state index is 5.45. The van der Waals surface area contributed by atoms with Crippen molar-refractivity contribution in [3.8, 4) is 22.4 Å². The predicted octanol–water partition coefficient (Wildman–Crippen LogP) is 11.3. The molecule has 0 bridgehead atoms. The second-order valence-corrected chi connectivity index (χ2v) is 12.3. The molecule has 4 heterocycles. The minimum absolute atomic E-state index is 0.784. The number of fused-ring (bicyclic) bond motifs is 8. The van der Waals surface area contributed by atoms with Crippen LogP contribution in [-0.4, -0.2) is 19.9 Å². The molecular weight excluding hydrogens is 613 g/mol. The van der Waals surface area contributed by atoms with Crippen LogP contribution < -0.4 is 9.80 Å². The summed E-state index contributed by atoms with van der Waals surface area (Å²) in [6.45, 7) is 0. The number of nitrogens with zero attached hydrogens (tertiary/aromatic N) is 6. The number of rotatable bonds is 4. The summed E-state index contributed by atoms with van der Waals surface area (Å²) >= 11 is 0. The fraction of sp³-hybridized carbons (Fsp3) is 0. The molecule has 0 spiro atoms. The van der Waals surface area contributed by atoms with Gasteiger partial charge in [0, 0.05) is 34.4 Å². The van der Waals surface area contributed by atoms with E-state index >= 15 is 0 Å². The van der Waals surface area contributed by atoms with Gasteiger partial charge in [0.1, 0.15) is 11.3 Å². The predicted molar refractivity (Wildman–Crippen MR) is 204 cm³/mol. The zero-order chi connectivity index (χ0) is 33.0. The third kappa shape index (κ3) is 4.43. The molecular formula is C44H28N6. The van der Waals surface area contributed by atoms with Crippen molar-refractivity contribution in [1.29, 1.82) is 0 Å². The van der Waals surface area contributed by atoms with Gasteiger partial charge in [-0.2, -0.15) is 0 Å². The number of para-hydroxylation sites is 5. The molecule has 0 atom stereocenters. The van der Waals surface area contributed by atoms with Gasteiger partial charge in [0.25, 0.3) is 0 Å². The Morgan fingerprint density at radius 1 is 0.360 bits per heavy atom. The fourth-order valence-corrected chi connectivity index (χ4v) is 7.20. The van der Waals surface area contributed by atoms with Crippen LogP contribution in [0.4, 0.5) is 34.3 Å². The number of hydrogen-bond acceptors (Lipinski definition) is 6. The minimum atomic E-state index is 0.784. The van der Waals surface area contributed by atoms with Crippen molar-refractivity contribution in [3.63, 3.8) is 0 Å². The molecule has 1 aliphatic rings.